The first-order chi connectivity index (χ1) is 13.0. The van der Waals surface area contributed by atoms with E-state index < -0.39 is 79.4 Å². The topological polar surface area (TPSA) is 226 Å². The van der Waals surface area contributed by atoms with Gasteiger partial charge >= 0.3 is 0 Å². The van der Waals surface area contributed by atoms with Gasteiger partial charge in [-0.3, -0.25) is 0 Å². The van der Waals surface area contributed by atoms with Crippen molar-refractivity contribution in [3.05, 3.63) is 0 Å². The highest BCUT2D eigenvalue weighted by Crippen LogP contribution is 2.62. The summed E-state index contributed by atoms with van der Waals surface area (Å²) in [5, 5.41) is 89.7. The first-order valence-corrected chi connectivity index (χ1v) is 8.49. The Hall–Kier alpha value is -0.990. The van der Waals surface area contributed by atoms with Crippen molar-refractivity contribution in [3.8, 4) is 6.07 Å². The molecule has 28 heavy (non-hydrogen) atoms. The molecule has 3 fully saturated rings. The molecule has 10 atom stereocenters. The van der Waals surface area contributed by atoms with Crippen molar-refractivity contribution in [1.29, 1.82) is 5.26 Å². The zero-order valence-electron chi connectivity index (χ0n) is 14.7. The number of epoxide rings is 1. The maximum atomic E-state index is 10.8. The van der Waals surface area contributed by atoms with Crippen LogP contribution in [0.5, 0.6) is 0 Å². The van der Waals surface area contributed by atoms with Gasteiger partial charge in [0.05, 0.1) is 19.3 Å². The summed E-state index contributed by atoms with van der Waals surface area (Å²) in [4.78, 5) is 0. The molecule has 0 bridgehead atoms. The average Bonchev–Trinajstić information content (AvgIpc) is 3.21. The molecule has 2 unspecified atom stereocenters. The van der Waals surface area contributed by atoms with Crippen molar-refractivity contribution < 1.29 is 59.8 Å². The van der Waals surface area contributed by atoms with Crippen molar-refractivity contribution >= 4 is 0 Å². The lowest BCUT2D eigenvalue weighted by molar-refractivity contribution is -0.448. The van der Waals surface area contributed by atoms with Crippen LogP contribution >= 0.6 is 0 Å². The van der Waals surface area contributed by atoms with Crippen LogP contribution in [0.3, 0.4) is 0 Å². The third-order valence-corrected chi connectivity index (χ3v) is 5.47. The minimum Gasteiger partial charge on any atom is -0.394 e. The number of ether oxygens (including phenoxy) is 4. The summed E-state index contributed by atoms with van der Waals surface area (Å²) in [5.41, 5.74) is 0. The van der Waals surface area contributed by atoms with Crippen LogP contribution in [0.4, 0.5) is 0 Å². The molecule has 13 nitrogen and oxygen atoms in total. The summed E-state index contributed by atoms with van der Waals surface area (Å²) in [5.74, 6) is -12.2. The molecule has 0 radical (unpaired) electrons. The number of hydrogen-bond acceptors (Lipinski definition) is 13. The smallest absolute Gasteiger partial charge is 0.284 e. The predicted molar refractivity (Wildman–Crippen MR) is 81.3 cm³/mol. The van der Waals surface area contributed by atoms with E-state index in [-0.39, 0.29) is 0 Å². The molecule has 3 heterocycles. The van der Waals surface area contributed by atoms with Crippen molar-refractivity contribution in [2.24, 2.45) is 5.92 Å². The molecule has 0 amide bonds. The molecule has 13 heteroatoms. The third-order valence-electron chi connectivity index (χ3n) is 5.47. The van der Waals surface area contributed by atoms with E-state index in [0.717, 1.165) is 0 Å². The summed E-state index contributed by atoms with van der Waals surface area (Å²) >= 11 is 0. The van der Waals surface area contributed by atoms with Gasteiger partial charge in [0.1, 0.15) is 43.0 Å². The fourth-order valence-electron chi connectivity index (χ4n) is 3.71. The second-order valence-electron chi connectivity index (χ2n) is 7.09. The highest BCUT2D eigenvalue weighted by atomic mass is 16.9. The van der Waals surface area contributed by atoms with Gasteiger partial charge < -0.3 is 59.8 Å². The van der Waals surface area contributed by atoms with Crippen LogP contribution in [0.2, 0.25) is 0 Å². The van der Waals surface area contributed by atoms with Crippen molar-refractivity contribution in [1.82, 2.24) is 0 Å². The largest absolute Gasteiger partial charge is 0.394 e. The number of nitriles is 1. The van der Waals surface area contributed by atoms with Crippen molar-refractivity contribution in [2.45, 2.75) is 60.6 Å². The van der Waals surface area contributed by atoms with Crippen LogP contribution in [0.25, 0.3) is 0 Å². The van der Waals surface area contributed by atoms with Gasteiger partial charge in [-0.15, -0.1) is 0 Å². The molecule has 0 spiro atoms. The second-order valence-corrected chi connectivity index (χ2v) is 7.09. The molecular formula is C15H23NO12. The van der Waals surface area contributed by atoms with Crippen molar-refractivity contribution in [3.63, 3.8) is 0 Å². The molecule has 160 valence electrons. The van der Waals surface area contributed by atoms with Crippen LogP contribution in [-0.2, 0) is 18.9 Å². The Morgan fingerprint density at radius 2 is 1.64 bits per heavy atom. The van der Waals surface area contributed by atoms with E-state index in [4.69, 9.17) is 18.9 Å². The maximum absolute atomic E-state index is 10.8. The van der Waals surface area contributed by atoms with Gasteiger partial charge in [0.2, 0.25) is 11.6 Å². The van der Waals surface area contributed by atoms with Crippen LogP contribution in [0.1, 0.15) is 6.92 Å². The number of aliphatic hydroxyl groups excluding tert-OH is 6. The van der Waals surface area contributed by atoms with Gasteiger partial charge in [-0.1, -0.05) is 0 Å². The Balaban J connectivity index is 2.08. The van der Waals surface area contributed by atoms with E-state index in [1.54, 1.807) is 6.07 Å². The van der Waals surface area contributed by atoms with Crippen LogP contribution in [-0.4, -0.2) is 114 Å². The monoisotopic (exact) mass is 409 g/mol. The van der Waals surface area contributed by atoms with Gasteiger partial charge in [-0.2, -0.15) is 5.26 Å². The SMILES string of the molecule is CC(C#N)[C@@]1(OC2(CO)O[C@H](CO)[C@@H](O)[C@@H]2O)O[C@H](CO)[C@@H](O)[C@@]2(O)O[C@]12O. The molecule has 0 aromatic carbocycles. The predicted octanol–water partition coefficient (Wildman–Crippen LogP) is -5.18. The lowest BCUT2D eigenvalue weighted by Crippen LogP contribution is -2.71. The number of hydrogen-bond donors (Lipinski definition) is 8. The van der Waals surface area contributed by atoms with Crippen LogP contribution < -0.4 is 0 Å². The number of rotatable bonds is 6. The number of nitrogens with zero attached hydrogens (tertiary/aromatic N) is 1. The molecule has 8 N–H and O–H groups in total. The Bertz CT molecular complexity index is 659. The van der Waals surface area contributed by atoms with Gasteiger partial charge in [-0.25, -0.2) is 0 Å². The first kappa shape index (κ1) is 21.7. The Morgan fingerprint density at radius 1 is 1.04 bits per heavy atom. The summed E-state index contributed by atoms with van der Waals surface area (Å²) in [7, 11) is 0. The summed E-state index contributed by atoms with van der Waals surface area (Å²) in [6, 6.07) is 1.71. The van der Waals surface area contributed by atoms with E-state index in [1.807, 2.05) is 0 Å². The fraction of sp³-hybridized carbons (Fsp3) is 0.933. The second kappa shape index (κ2) is 6.77. The van der Waals surface area contributed by atoms with E-state index in [1.165, 1.54) is 6.92 Å². The summed E-state index contributed by atoms with van der Waals surface area (Å²) in [6.45, 7) is -1.61. The molecular weight excluding hydrogens is 386 g/mol. The zero-order valence-corrected chi connectivity index (χ0v) is 14.7. The molecule has 0 aliphatic carbocycles. The van der Waals surface area contributed by atoms with Crippen molar-refractivity contribution in [2.75, 3.05) is 19.8 Å². The highest BCUT2D eigenvalue weighted by Gasteiger charge is 2.90. The van der Waals surface area contributed by atoms with Crippen LogP contribution in [0.15, 0.2) is 0 Å². The maximum Gasteiger partial charge on any atom is 0.284 e. The minimum absolute atomic E-state index is 0.770. The Labute approximate surface area is 158 Å². The van der Waals surface area contributed by atoms with E-state index in [2.05, 4.69) is 0 Å². The fourth-order valence-corrected chi connectivity index (χ4v) is 3.71. The number of aliphatic hydroxyl groups is 8. The standard InChI is InChI=1S/C15H23NO12/c1-6(2-16)14(15(24)13(23,28-15)10(21)8(4-18)26-14)27-12(5-19)11(22)9(20)7(3-17)25-12/h6-11,17-24H,3-5H2,1H3/t6?,7-,8-,9-,10-,11+,12?,13-,14+,15+/m1/s1. The van der Waals surface area contributed by atoms with E-state index in [0.29, 0.717) is 0 Å². The van der Waals surface area contributed by atoms with Gasteiger partial charge in [0, 0.05) is 0 Å². The lowest BCUT2D eigenvalue weighted by Gasteiger charge is -2.49. The Kier molecular flexibility index (Phi) is 5.25. The molecule has 3 aliphatic rings. The normalized spacial score (nSPS) is 54.1. The molecule has 0 aromatic heterocycles. The van der Waals surface area contributed by atoms with E-state index in [9.17, 15) is 46.1 Å². The van der Waals surface area contributed by atoms with Gasteiger partial charge in [-0.05, 0) is 6.92 Å². The summed E-state index contributed by atoms with van der Waals surface area (Å²) in [6.07, 6.45) is -8.62. The quantitative estimate of drug-likeness (QED) is 0.192. The van der Waals surface area contributed by atoms with Gasteiger partial charge in [0.25, 0.3) is 11.6 Å². The molecule has 3 rings (SSSR count). The number of fused-ring (bicyclic) bond motifs is 1. The highest BCUT2D eigenvalue weighted by molar-refractivity contribution is 5.22. The molecule has 0 saturated carbocycles. The lowest BCUT2D eigenvalue weighted by atomic mass is 9.85. The molecule has 3 saturated heterocycles. The van der Waals surface area contributed by atoms with Gasteiger partial charge in [0.15, 0.2) is 0 Å². The minimum atomic E-state index is -2.85. The molecule has 0 aromatic rings. The van der Waals surface area contributed by atoms with Crippen LogP contribution in [0, 0.1) is 17.2 Å². The zero-order chi connectivity index (χ0) is 21.1. The Morgan fingerprint density at radius 3 is 2.11 bits per heavy atom. The van der Waals surface area contributed by atoms with E-state index >= 15 is 0 Å². The third kappa shape index (κ3) is 2.50. The summed E-state index contributed by atoms with van der Waals surface area (Å²) < 4.78 is 21.1. The average molecular weight is 409 g/mol. The first-order valence-electron chi connectivity index (χ1n) is 8.49. The molecule has 3 aliphatic heterocycles.